The van der Waals surface area contributed by atoms with Crippen molar-refractivity contribution in [3.05, 3.63) is 50.2 Å². The molecule has 1 aromatic heterocycles. The third kappa shape index (κ3) is 2.86. The van der Waals surface area contributed by atoms with Crippen molar-refractivity contribution in [1.29, 1.82) is 0 Å². The molecule has 0 aliphatic carbocycles. The second-order valence-electron chi connectivity index (χ2n) is 3.85. The van der Waals surface area contributed by atoms with Crippen LogP contribution in [0.4, 0.5) is 5.95 Å². The van der Waals surface area contributed by atoms with Crippen LogP contribution in [-0.2, 0) is 6.42 Å². The molecule has 0 radical (unpaired) electrons. The van der Waals surface area contributed by atoms with Crippen LogP contribution >= 0.6 is 34.8 Å². The van der Waals surface area contributed by atoms with Crippen molar-refractivity contribution in [1.82, 2.24) is 9.97 Å². The van der Waals surface area contributed by atoms with Crippen LogP contribution in [0.2, 0.25) is 15.2 Å². The molecule has 0 saturated carbocycles. The third-order valence-corrected chi connectivity index (χ3v) is 3.46. The van der Waals surface area contributed by atoms with E-state index in [1.54, 1.807) is 12.1 Å². The number of nitrogen functional groups attached to an aromatic ring is 1. The minimum atomic E-state index is 0.170. The summed E-state index contributed by atoms with van der Waals surface area (Å²) < 4.78 is 0. The Hall–Kier alpha value is -1.03. The topological polar surface area (TPSA) is 51.8 Å². The average molecular weight is 303 g/mol. The van der Waals surface area contributed by atoms with Crippen LogP contribution in [0, 0.1) is 6.92 Å². The molecule has 0 bridgehead atoms. The second kappa shape index (κ2) is 5.31. The highest BCUT2D eigenvalue weighted by molar-refractivity contribution is 6.35. The van der Waals surface area contributed by atoms with Gasteiger partial charge >= 0.3 is 0 Å². The van der Waals surface area contributed by atoms with Crippen LogP contribution in [0.3, 0.4) is 0 Å². The van der Waals surface area contributed by atoms with Gasteiger partial charge in [-0.25, -0.2) is 9.97 Å². The van der Waals surface area contributed by atoms with E-state index in [0.717, 1.165) is 16.8 Å². The molecule has 1 aromatic carbocycles. The van der Waals surface area contributed by atoms with Gasteiger partial charge in [0.2, 0.25) is 5.95 Å². The summed E-state index contributed by atoms with van der Waals surface area (Å²) in [4.78, 5) is 8.03. The molecule has 18 heavy (non-hydrogen) atoms. The van der Waals surface area contributed by atoms with E-state index in [4.69, 9.17) is 40.5 Å². The number of aromatic nitrogens is 2. The number of rotatable bonds is 2. The Morgan fingerprint density at radius 2 is 1.89 bits per heavy atom. The Balaban J connectivity index is 2.40. The van der Waals surface area contributed by atoms with E-state index >= 15 is 0 Å². The molecule has 2 N–H and O–H groups in total. The average Bonchev–Trinajstić information content (AvgIpc) is 2.25. The van der Waals surface area contributed by atoms with Gasteiger partial charge in [0.05, 0.1) is 0 Å². The van der Waals surface area contributed by atoms with Crippen LogP contribution in [0.15, 0.2) is 18.2 Å². The summed E-state index contributed by atoms with van der Waals surface area (Å²) in [6.07, 6.45) is 0.543. The predicted molar refractivity (Wildman–Crippen MR) is 75.5 cm³/mol. The summed E-state index contributed by atoms with van der Waals surface area (Å²) in [5.74, 6) is 0.170. The van der Waals surface area contributed by atoms with Gasteiger partial charge in [-0.3, -0.25) is 0 Å². The van der Waals surface area contributed by atoms with Gasteiger partial charge < -0.3 is 5.73 Å². The molecule has 2 aromatic rings. The zero-order valence-electron chi connectivity index (χ0n) is 9.54. The Labute approximate surface area is 120 Å². The van der Waals surface area contributed by atoms with Gasteiger partial charge in [0, 0.05) is 27.7 Å². The Morgan fingerprint density at radius 3 is 2.50 bits per heavy atom. The summed E-state index contributed by atoms with van der Waals surface area (Å²) in [6.45, 7) is 1.84. The first kappa shape index (κ1) is 13.4. The summed E-state index contributed by atoms with van der Waals surface area (Å²) >= 11 is 18.0. The van der Waals surface area contributed by atoms with Crippen molar-refractivity contribution in [3.8, 4) is 0 Å². The normalized spacial score (nSPS) is 10.7. The number of aryl methyl sites for hydroxylation is 1. The minimum absolute atomic E-state index is 0.170. The zero-order valence-corrected chi connectivity index (χ0v) is 11.8. The minimum Gasteiger partial charge on any atom is -0.368 e. The molecular formula is C12H10Cl3N3. The Kier molecular flexibility index (Phi) is 3.95. The number of benzene rings is 1. The monoisotopic (exact) mass is 301 g/mol. The molecule has 6 heteroatoms. The van der Waals surface area contributed by atoms with Crippen LogP contribution in [0.5, 0.6) is 0 Å². The molecule has 0 aliphatic heterocycles. The maximum absolute atomic E-state index is 6.12. The fraction of sp³-hybridized carbons (Fsp3) is 0.167. The van der Waals surface area contributed by atoms with Gasteiger partial charge in [-0.2, -0.15) is 0 Å². The maximum Gasteiger partial charge on any atom is 0.221 e. The number of halogens is 3. The number of nitrogens with two attached hydrogens (primary N) is 1. The summed E-state index contributed by atoms with van der Waals surface area (Å²) in [5.41, 5.74) is 8.00. The highest BCUT2D eigenvalue weighted by atomic mass is 35.5. The van der Waals surface area contributed by atoms with Crippen molar-refractivity contribution in [2.24, 2.45) is 0 Å². The van der Waals surface area contributed by atoms with Crippen LogP contribution in [-0.4, -0.2) is 9.97 Å². The highest BCUT2D eigenvalue weighted by Crippen LogP contribution is 2.26. The van der Waals surface area contributed by atoms with Gasteiger partial charge in [-0.1, -0.05) is 40.9 Å². The molecule has 0 atom stereocenters. The summed E-state index contributed by atoms with van der Waals surface area (Å²) in [7, 11) is 0. The van der Waals surface area contributed by atoms with Crippen LogP contribution in [0.25, 0.3) is 0 Å². The van der Waals surface area contributed by atoms with Gasteiger partial charge in [-0.15, -0.1) is 0 Å². The molecule has 0 unspecified atom stereocenters. The highest BCUT2D eigenvalue weighted by Gasteiger charge is 2.11. The molecule has 3 nitrogen and oxygen atoms in total. The van der Waals surface area contributed by atoms with E-state index < -0.39 is 0 Å². The number of anilines is 1. The first-order valence-corrected chi connectivity index (χ1v) is 6.33. The first-order valence-electron chi connectivity index (χ1n) is 5.20. The van der Waals surface area contributed by atoms with E-state index in [1.165, 1.54) is 0 Å². The second-order valence-corrected chi connectivity index (χ2v) is 5.05. The van der Waals surface area contributed by atoms with Gasteiger partial charge in [0.25, 0.3) is 0 Å². The molecule has 1 heterocycles. The molecule has 0 spiro atoms. The molecule has 0 fully saturated rings. The molecular weight excluding hydrogens is 293 g/mol. The van der Waals surface area contributed by atoms with E-state index in [1.807, 2.05) is 13.0 Å². The maximum atomic E-state index is 6.12. The van der Waals surface area contributed by atoms with Gasteiger partial charge in [-0.05, 0) is 24.6 Å². The standard InChI is InChI=1S/C12H10Cl3N3/c1-6-9(11(15)18-12(16)17-6)4-7-2-3-8(13)5-10(7)14/h2-3,5H,4H2,1H3,(H2,16,17,18). The van der Waals surface area contributed by atoms with Crippen molar-refractivity contribution in [3.63, 3.8) is 0 Å². The number of nitrogens with zero attached hydrogens (tertiary/aromatic N) is 2. The van der Waals surface area contributed by atoms with Crippen LogP contribution < -0.4 is 5.73 Å². The van der Waals surface area contributed by atoms with E-state index in [-0.39, 0.29) is 5.95 Å². The summed E-state index contributed by atoms with van der Waals surface area (Å²) in [5, 5.41) is 1.54. The van der Waals surface area contributed by atoms with Crippen molar-refractivity contribution in [2.75, 3.05) is 5.73 Å². The van der Waals surface area contributed by atoms with Crippen molar-refractivity contribution >= 4 is 40.8 Å². The lowest BCUT2D eigenvalue weighted by Gasteiger charge is -2.09. The van der Waals surface area contributed by atoms with Crippen molar-refractivity contribution in [2.45, 2.75) is 13.3 Å². The fourth-order valence-electron chi connectivity index (χ4n) is 1.64. The third-order valence-electron chi connectivity index (χ3n) is 2.56. The molecule has 0 aliphatic rings. The molecule has 2 rings (SSSR count). The first-order chi connectivity index (χ1) is 8.47. The lowest BCUT2D eigenvalue weighted by Crippen LogP contribution is -2.03. The quantitative estimate of drug-likeness (QED) is 0.855. The van der Waals surface area contributed by atoms with E-state index in [9.17, 15) is 0 Å². The molecule has 94 valence electrons. The fourth-order valence-corrected chi connectivity index (χ4v) is 2.40. The number of hydrogen-bond donors (Lipinski definition) is 1. The van der Waals surface area contributed by atoms with E-state index in [2.05, 4.69) is 9.97 Å². The Bertz CT molecular complexity index is 576. The van der Waals surface area contributed by atoms with E-state index in [0.29, 0.717) is 21.6 Å². The lowest BCUT2D eigenvalue weighted by atomic mass is 10.1. The molecule has 0 saturated heterocycles. The van der Waals surface area contributed by atoms with Gasteiger partial charge in [0.15, 0.2) is 0 Å². The largest absolute Gasteiger partial charge is 0.368 e. The lowest BCUT2D eigenvalue weighted by molar-refractivity contribution is 1.03. The van der Waals surface area contributed by atoms with Gasteiger partial charge in [0.1, 0.15) is 5.15 Å². The summed E-state index contributed by atoms with van der Waals surface area (Å²) in [6, 6.07) is 5.33. The van der Waals surface area contributed by atoms with Crippen molar-refractivity contribution < 1.29 is 0 Å². The molecule has 0 amide bonds. The Morgan fingerprint density at radius 1 is 1.17 bits per heavy atom. The zero-order chi connectivity index (χ0) is 13.3. The smallest absolute Gasteiger partial charge is 0.221 e. The SMILES string of the molecule is Cc1nc(N)nc(Cl)c1Cc1ccc(Cl)cc1Cl. The van der Waals surface area contributed by atoms with Crippen LogP contribution in [0.1, 0.15) is 16.8 Å². The number of hydrogen-bond acceptors (Lipinski definition) is 3. The predicted octanol–water partition coefficient (Wildman–Crippen LogP) is 3.92.